The summed E-state index contributed by atoms with van der Waals surface area (Å²) in [5.41, 5.74) is 0.311. The van der Waals surface area contributed by atoms with E-state index in [9.17, 15) is 9.59 Å². The minimum Gasteiger partial charge on any atom is -0.396 e. The Balaban J connectivity index is 0.00000139. The summed E-state index contributed by atoms with van der Waals surface area (Å²) < 4.78 is 7.62. The van der Waals surface area contributed by atoms with Gasteiger partial charge in [0.25, 0.3) is 0 Å². The minimum absolute atomic E-state index is 0.171. The first-order valence-electron chi connectivity index (χ1n) is 10.1. The van der Waals surface area contributed by atoms with Gasteiger partial charge in [-0.2, -0.15) is 0 Å². The first-order chi connectivity index (χ1) is 13.4. The van der Waals surface area contributed by atoms with Gasteiger partial charge in [-0.15, -0.1) is 5.10 Å². The van der Waals surface area contributed by atoms with Gasteiger partial charge < -0.3 is 15.2 Å². The molecule has 8 heteroatoms. The lowest BCUT2D eigenvalue weighted by molar-refractivity contribution is -0.117. The number of ketones is 1. The molecular weight excluding hydrogens is 372 g/mol. The molecule has 1 amide bonds. The fourth-order valence-corrected chi connectivity index (χ4v) is 1.93. The second-order valence-electron chi connectivity index (χ2n) is 8.44. The Labute approximate surface area is 174 Å². The average molecular weight is 411 g/mol. The van der Waals surface area contributed by atoms with Crippen LogP contribution in [0.3, 0.4) is 0 Å². The van der Waals surface area contributed by atoms with Gasteiger partial charge in [0.2, 0.25) is 5.91 Å². The first kappa shape index (κ1) is 26.9. The van der Waals surface area contributed by atoms with Crippen LogP contribution in [0.5, 0.6) is 0 Å². The molecule has 0 fully saturated rings. The van der Waals surface area contributed by atoms with E-state index in [0.29, 0.717) is 37.3 Å². The van der Waals surface area contributed by atoms with Crippen molar-refractivity contribution in [2.45, 2.75) is 73.6 Å². The molecule has 0 unspecified atom stereocenters. The number of hydrogen-bond acceptors (Lipinski definition) is 6. The van der Waals surface area contributed by atoms with E-state index < -0.39 is 0 Å². The standard InChI is InChI=1S/C17H28N4O3.C4H10O/c1-13(2)8-9-24-17(4,5)12-21-11-15(19-20-21)10-18-16(23)7-6-14(3)22;1-4(2)3-5/h6-7,11,13H,8-10,12H2,1-5H3,(H,18,23);4-5H,3H2,1-2H3/b7-6-;. The van der Waals surface area contributed by atoms with Crippen molar-refractivity contribution in [2.75, 3.05) is 13.2 Å². The monoisotopic (exact) mass is 410 g/mol. The van der Waals surface area contributed by atoms with Crippen LogP contribution in [0.1, 0.15) is 60.6 Å². The van der Waals surface area contributed by atoms with Crippen LogP contribution in [-0.4, -0.2) is 50.6 Å². The van der Waals surface area contributed by atoms with Crippen LogP contribution in [0.4, 0.5) is 0 Å². The second-order valence-corrected chi connectivity index (χ2v) is 8.44. The maximum absolute atomic E-state index is 11.5. The fourth-order valence-electron chi connectivity index (χ4n) is 1.93. The molecule has 0 aromatic carbocycles. The number of hydrogen-bond donors (Lipinski definition) is 2. The number of nitrogens with one attached hydrogen (secondary N) is 1. The molecule has 1 aromatic heterocycles. The van der Waals surface area contributed by atoms with Crippen LogP contribution in [0.25, 0.3) is 0 Å². The number of ether oxygens (including phenoxy) is 1. The number of rotatable bonds is 11. The molecule has 0 aliphatic rings. The van der Waals surface area contributed by atoms with Crippen LogP contribution in [0, 0.1) is 11.8 Å². The van der Waals surface area contributed by atoms with Gasteiger partial charge in [0, 0.05) is 19.3 Å². The Bertz CT molecular complexity index is 636. The Morgan fingerprint density at radius 3 is 2.38 bits per heavy atom. The van der Waals surface area contributed by atoms with E-state index in [1.807, 2.05) is 27.7 Å². The molecule has 1 heterocycles. The molecule has 1 aromatic rings. The zero-order valence-electron chi connectivity index (χ0n) is 18.9. The van der Waals surface area contributed by atoms with E-state index in [4.69, 9.17) is 9.84 Å². The number of allylic oxidation sites excluding steroid dienone is 1. The van der Waals surface area contributed by atoms with E-state index in [2.05, 4.69) is 29.5 Å². The van der Waals surface area contributed by atoms with Crippen molar-refractivity contribution in [3.05, 3.63) is 24.0 Å². The highest BCUT2D eigenvalue weighted by Gasteiger charge is 2.20. The molecule has 166 valence electrons. The summed E-state index contributed by atoms with van der Waals surface area (Å²) in [7, 11) is 0. The molecule has 8 nitrogen and oxygen atoms in total. The van der Waals surface area contributed by atoms with Gasteiger partial charge in [0.15, 0.2) is 5.78 Å². The zero-order valence-corrected chi connectivity index (χ0v) is 18.9. The summed E-state index contributed by atoms with van der Waals surface area (Å²) in [6.07, 6.45) is 5.23. The summed E-state index contributed by atoms with van der Waals surface area (Å²) >= 11 is 0. The number of aliphatic hydroxyl groups is 1. The summed E-state index contributed by atoms with van der Waals surface area (Å²) in [6.45, 7) is 15.6. The number of amides is 1. The van der Waals surface area contributed by atoms with Crippen LogP contribution >= 0.6 is 0 Å². The molecule has 0 saturated heterocycles. The number of carbonyl (C=O) groups excluding carboxylic acids is 2. The topological polar surface area (TPSA) is 106 Å². The van der Waals surface area contributed by atoms with E-state index >= 15 is 0 Å². The second kappa shape index (κ2) is 14.0. The quantitative estimate of drug-likeness (QED) is 0.543. The number of carbonyl (C=O) groups is 2. The number of aromatic nitrogens is 3. The predicted octanol–water partition coefficient (Wildman–Crippen LogP) is 2.52. The normalized spacial score (nSPS) is 11.7. The smallest absolute Gasteiger partial charge is 0.244 e. The highest BCUT2D eigenvalue weighted by Crippen LogP contribution is 2.14. The summed E-state index contributed by atoms with van der Waals surface area (Å²) in [5, 5.41) is 18.9. The summed E-state index contributed by atoms with van der Waals surface area (Å²) in [6, 6.07) is 0. The van der Waals surface area contributed by atoms with Gasteiger partial charge in [-0.3, -0.25) is 9.59 Å². The van der Waals surface area contributed by atoms with E-state index in [-0.39, 0.29) is 23.8 Å². The third kappa shape index (κ3) is 15.5. The highest BCUT2D eigenvalue weighted by molar-refractivity contribution is 5.96. The van der Waals surface area contributed by atoms with Crippen molar-refractivity contribution < 1.29 is 19.4 Å². The zero-order chi connectivity index (χ0) is 22.4. The molecule has 0 radical (unpaired) electrons. The van der Waals surface area contributed by atoms with Gasteiger partial charge >= 0.3 is 0 Å². The van der Waals surface area contributed by atoms with E-state index in [1.54, 1.807) is 10.9 Å². The molecule has 0 spiro atoms. The first-order valence-corrected chi connectivity index (χ1v) is 10.1. The van der Waals surface area contributed by atoms with Crippen LogP contribution in [0.15, 0.2) is 18.3 Å². The third-order valence-electron chi connectivity index (χ3n) is 3.60. The van der Waals surface area contributed by atoms with Gasteiger partial charge in [-0.25, -0.2) is 4.68 Å². The number of aliphatic hydroxyl groups excluding tert-OH is 1. The maximum atomic E-state index is 11.5. The third-order valence-corrected chi connectivity index (χ3v) is 3.60. The molecule has 0 aliphatic heterocycles. The average Bonchev–Trinajstić information content (AvgIpc) is 3.04. The molecule has 0 saturated carbocycles. The van der Waals surface area contributed by atoms with Crippen molar-refractivity contribution in [1.82, 2.24) is 20.3 Å². The van der Waals surface area contributed by atoms with Crippen molar-refractivity contribution in [2.24, 2.45) is 11.8 Å². The highest BCUT2D eigenvalue weighted by atomic mass is 16.5. The molecular formula is C21H38N4O4. The Hall–Kier alpha value is -2.06. The lowest BCUT2D eigenvalue weighted by Gasteiger charge is -2.25. The predicted molar refractivity (Wildman–Crippen MR) is 113 cm³/mol. The maximum Gasteiger partial charge on any atom is 0.244 e. The van der Waals surface area contributed by atoms with Gasteiger partial charge in [-0.1, -0.05) is 32.9 Å². The summed E-state index contributed by atoms with van der Waals surface area (Å²) in [5.74, 6) is 0.544. The molecule has 0 bridgehead atoms. The van der Waals surface area contributed by atoms with Crippen LogP contribution < -0.4 is 5.32 Å². The van der Waals surface area contributed by atoms with E-state index in [0.717, 1.165) is 6.42 Å². The van der Waals surface area contributed by atoms with Crippen LogP contribution in [-0.2, 0) is 27.4 Å². The van der Waals surface area contributed by atoms with Crippen molar-refractivity contribution in [3.63, 3.8) is 0 Å². The Morgan fingerprint density at radius 1 is 1.24 bits per heavy atom. The molecule has 2 N–H and O–H groups in total. The van der Waals surface area contributed by atoms with Crippen molar-refractivity contribution in [1.29, 1.82) is 0 Å². The summed E-state index contributed by atoms with van der Waals surface area (Å²) in [4.78, 5) is 22.3. The van der Waals surface area contributed by atoms with Crippen molar-refractivity contribution >= 4 is 11.7 Å². The van der Waals surface area contributed by atoms with E-state index in [1.165, 1.54) is 19.1 Å². The minimum atomic E-state index is -0.340. The van der Waals surface area contributed by atoms with Gasteiger partial charge in [0.05, 0.1) is 24.9 Å². The molecule has 29 heavy (non-hydrogen) atoms. The van der Waals surface area contributed by atoms with Crippen LogP contribution in [0.2, 0.25) is 0 Å². The molecule has 1 rings (SSSR count). The van der Waals surface area contributed by atoms with Crippen molar-refractivity contribution in [3.8, 4) is 0 Å². The lowest BCUT2D eigenvalue weighted by Crippen LogP contribution is -2.31. The molecule has 0 aliphatic carbocycles. The lowest BCUT2D eigenvalue weighted by atomic mass is 10.1. The SMILES string of the molecule is CC(=O)/C=C\C(=O)NCc1cn(CC(C)(C)OCCC(C)C)nn1.CC(C)CO. The number of nitrogens with zero attached hydrogens (tertiary/aromatic N) is 3. The largest absolute Gasteiger partial charge is 0.396 e. The van der Waals surface area contributed by atoms with Gasteiger partial charge in [-0.05, 0) is 45.1 Å². The molecule has 0 atom stereocenters. The van der Waals surface area contributed by atoms with Gasteiger partial charge in [0.1, 0.15) is 5.69 Å². The fraction of sp³-hybridized carbons (Fsp3) is 0.714. The Kier molecular flexibility index (Phi) is 13.0. The Morgan fingerprint density at radius 2 is 1.86 bits per heavy atom.